The summed E-state index contributed by atoms with van der Waals surface area (Å²) in [4.78, 5) is 12.4. The van der Waals surface area contributed by atoms with E-state index in [0.29, 0.717) is 5.76 Å². The van der Waals surface area contributed by atoms with Crippen LogP contribution >= 0.6 is 0 Å². The van der Waals surface area contributed by atoms with E-state index in [1.807, 2.05) is 35.3 Å². The van der Waals surface area contributed by atoms with E-state index in [0.717, 1.165) is 24.1 Å². The van der Waals surface area contributed by atoms with Crippen molar-refractivity contribution in [3.05, 3.63) is 54.0 Å². The largest absolute Gasteiger partial charge is 0.387 e. The number of aliphatic hydroxyl groups is 1. The molecule has 1 amide bonds. The lowest BCUT2D eigenvalue weighted by Gasteiger charge is -2.42. The monoisotopic (exact) mass is 355 g/mol. The lowest BCUT2D eigenvalue weighted by molar-refractivity contribution is 0.0545. The van der Waals surface area contributed by atoms with Crippen molar-refractivity contribution in [3.63, 3.8) is 0 Å². The highest BCUT2D eigenvalue weighted by molar-refractivity contribution is 5.93. The summed E-state index contributed by atoms with van der Waals surface area (Å²) in [7, 11) is 0. The third-order valence-electron chi connectivity index (χ3n) is 4.73. The molecular formula is C18H21N5O3. The Morgan fingerprint density at radius 2 is 2.15 bits per heavy atom. The zero-order valence-corrected chi connectivity index (χ0v) is 14.3. The van der Waals surface area contributed by atoms with E-state index in [4.69, 9.17) is 4.52 Å². The molecule has 4 N–H and O–H groups in total. The van der Waals surface area contributed by atoms with Gasteiger partial charge in [0.15, 0.2) is 11.5 Å². The fraction of sp³-hybridized carbons (Fsp3) is 0.333. The Bertz CT molecular complexity index is 811. The minimum absolute atomic E-state index is 0.0713. The summed E-state index contributed by atoms with van der Waals surface area (Å²) in [6, 6.07) is 11.5. The van der Waals surface area contributed by atoms with Gasteiger partial charge in [-0.2, -0.15) is 0 Å². The molecular weight excluding hydrogens is 334 g/mol. The Balaban J connectivity index is 1.32. The Morgan fingerprint density at radius 1 is 1.38 bits per heavy atom. The molecule has 1 aliphatic carbocycles. The molecule has 2 heterocycles. The predicted octanol–water partition coefficient (Wildman–Crippen LogP) is 1.15. The minimum Gasteiger partial charge on any atom is -0.387 e. The minimum atomic E-state index is -0.558. The number of amides is 1. The van der Waals surface area contributed by atoms with Crippen molar-refractivity contribution in [2.75, 3.05) is 0 Å². The van der Waals surface area contributed by atoms with Crippen LogP contribution in [0, 0.1) is 0 Å². The molecule has 1 saturated carbocycles. The molecule has 0 saturated heterocycles. The summed E-state index contributed by atoms with van der Waals surface area (Å²) in [6.45, 7) is 1.72. The van der Waals surface area contributed by atoms with Crippen LogP contribution in [0.2, 0.25) is 0 Å². The molecule has 8 nitrogen and oxygen atoms in total. The number of aromatic nitrogens is 1. The molecule has 2 aliphatic rings. The van der Waals surface area contributed by atoms with Gasteiger partial charge < -0.3 is 20.4 Å². The van der Waals surface area contributed by atoms with Gasteiger partial charge in [-0.05, 0) is 19.8 Å². The van der Waals surface area contributed by atoms with Crippen LogP contribution in [0.15, 0.2) is 52.8 Å². The average Bonchev–Trinajstić information content (AvgIpc) is 3.27. The Labute approximate surface area is 150 Å². The van der Waals surface area contributed by atoms with Gasteiger partial charge in [-0.15, -0.1) is 5.53 Å². The highest BCUT2D eigenvalue weighted by Crippen LogP contribution is 2.29. The van der Waals surface area contributed by atoms with Gasteiger partial charge in [-0.25, -0.2) is 0 Å². The predicted molar refractivity (Wildman–Crippen MR) is 94.1 cm³/mol. The molecule has 0 spiro atoms. The lowest BCUT2D eigenvalue weighted by atomic mass is 9.85. The smallest absolute Gasteiger partial charge is 0.273 e. The van der Waals surface area contributed by atoms with Gasteiger partial charge in [0.2, 0.25) is 0 Å². The number of carbonyl (C=O) groups is 1. The van der Waals surface area contributed by atoms with Gasteiger partial charge in [0, 0.05) is 23.9 Å². The lowest BCUT2D eigenvalue weighted by Crippen LogP contribution is -2.57. The number of rotatable bonds is 5. The SMILES string of the molecule is C[C@@H](O)C1=CNNN1[C@H]1C[C@H](NC(=O)c2cc(-c3ccccc3)on2)C1. The molecule has 1 aromatic heterocycles. The van der Waals surface area contributed by atoms with Crippen molar-refractivity contribution in [1.29, 1.82) is 0 Å². The van der Waals surface area contributed by atoms with Crippen molar-refractivity contribution in [2.24, 2.45) is 0 Å². The maximum absolute atomic E-state index is 12.4. The number of hydrogen-bond donors (Lipinski definition) is 4. The molecule has 0 radical (unpaired) electrons. The number of hydrogen-bond acceptors (Lipinski definition) is 7. The number of nitrogens with one attached hydrogen (secondary N) is 3. The number of nitrogens with zero attached hydrogens (tertiary/aromatic N) is 2. The van der Waals surface area contributed by atoms with Gasteiger partial charge in [-0.1, -0.05) is 35.5 Å². The molecule has 0 bridgehead atoms. The van der Waals surface area contributed by atoms with Gasteiger partial charge in [-0.3, -0.25) is 9.80 Å². The molecule has 1 fully saturated rings. The van der Waals surface area contributed by atoms with Crippen molar-refractivity contribution >= 4 is 5.91 Å². The van der Waals surface area contributed by atoms with E-state index < -0.39 is 6.10 Å². The van der Waals surface area contributed by atoms with E-state index in [2.05, 4.69) is 21.4 Å². The van der Waals surface area contributed by atoms with E-state index >= 15 is 0 Å². The number of benzene rings is 1. The van der Waals surface area contributed by atoms with Gasteiger partial charge in [0.25, 0.3) is 5.91 Å². The average molecular weight is 355 g/mol. The highest BCUT2D eigenvalue weighted by Gasteiger charge is 2.38. The maximum Gasteiger partial charge on any atom is 0.273 e. The van der Waals surface area contributed by atoms with Gasteiger partial charge in [0.05, 0.1) is 17.8 Å². The summed E-state index contributed by atoms with van der Waals surface area (Å²) in [5.74, 6) is 0.333. The first-order valence-corrected chi connectivity index (χ1v) is 8.63. The van der Waals surface area contributed by atoms with E-state index in [9.17, 15) is 9.90 Å². The Morgan fingerprint density at radius 3 is 2.88 bits per heavy atom. The second-order valence-corrected chi connectivity index (χ2v) is 6.61. The summed E-state index contributed by atoms with van der Waals surface area (Å²) in [5, 5.41) is 18.5. The summed E-state index contributed by atoms with van der Waals surface area (Å²) in [5.41, 5.74) is 7.86. The fourth-order valence-corrected chi connectivity index (χ4v) is 3.23. The molecule has 26 heavy (non-hydrogen) atoms. The van der Waals surface area contributed by atoms with Crippen LogP contribution < -0.4 is 16.3 Å². The first-order chi connectivity index (χ1) is 12.6. The molecule has 1 aliphatic heterocycles. The molecule has 0 unspecified atom stereocenters. The normalized spacial score (nSPS) is 23.0. The third-order valence-corrected chi connectivity index (χ3v) is 4.73. The van der Waals surface area contributed by atoms with Crippen molar-refractivity contribution < 1.29 is 14.4 Å². The molecule has 136 valence electrons. The fourth-order valence-electron chi connectivity index (χ4n) is 3.23. The van der Waals surface area contributed by atoms with Crippen molar-refractivity contribution in [3.8, 4) is 11.3 Å². The van der Waals surface area contributed by atoms with E-state index in [-0.39, 0.29) is 23.7 Å². The standard InChI is InChI=1S/C18H21N5O3/c1-11(24)16-10-19-22-23(16)14-7-13(8-14)20-18(25)15-9-17(26-21-15)12-5-3-2-4-6-12/h2-6,9-11,13-14,19,22,24H,7-8H2,1H3,(H,20,25)/t11-,13-,14-/m1/s1. The summed E-state index contributed by atoms with van der Waals surface area (Å²) < 4.78 is 5.28. The van der Waals surface area contributed by atoms with E-state index in [1.54, 1.807) is 19.2 Å². The van der Waals surface area contributed by atoms with Crippen LogP contribution in [0.3, 0.4) is 0 Å². The van der Waals surface area contributed by atoms with Crippen molar-refractivity contribution in [2.45, 2.75) is 38.0 Å². The molecule has 2 aromatic rings. The molecule has 1 atom stereocenters. The summed E-state index contributed by atoms with van der Waals surface area (Å²) >= 11 is 0. The van der Waals surface area contributed by atoms with Crippen molar-refractivity contribution in [1.82, 2.24) is 26.4 Å². The van der Waals surface area contributed by atoms with Gasteiger partial charge >= 0.3 is 0 Å². The Hall–Kier alpha value is -2.84. The van der Waals surface area contributed by atoms with Gasteiger partial charge in [0.1, 0.15) is 0 Å². The van der Waals surface area contributed by atoms with Crippen LogP contribution in [0.1, 0.15) is 30.3 Å². The molecule has 4 rings (SSSR count). The first-order valence-electron chi connectivity index (χ1n) is 8.63. The van der Waals surface area contributed by atoms with Crippen LogP contribution in [0.4, 0.5) is 0 Å². The Kier molecular flexibility index (Phi) is 4.36. The topological polar surface area (TPSA) is 103 Å². The van der Waals surface area contributed by atoms with Crippen LogP contribution in [0.25, 0.3) is 11.3 Å². The molecule has 1 aromatic carbocycles. The zero-order valence-electron chi connectivity index (χ0n) is 14.3. The molecule has 8 heteroatoms. The van der Waals surface area contributed by atoms with E-state index in [1.165, 1.54) is 0 Å². The third kappa shape index (κ3) is 3.16. The zero-order chi connectivity index (χ0) is 18.1. The first kappa shape index (κ1) is 16.6. The highest BCUT2D eigenvalue weighted by atomic mass is 16.5. The number of carbonyl (C=O) groups excluding carboxylic acids is 1. The number of hydrazine groups is 2. The number of aliphatic hydroxyl groups excluding tert-OH is 1. The summed E-state index contributed by atoms with van der Waals surface area (Å²) in [6.07, 6.45) is 2.76. The van der Waals surface area contributed by atoms with Crippen LogP contribution in [0.5, 0.6) is 0 Å². The van der Waals surface area contributed by atoms with Crippen LogP contribution in [-0.4, -0.2) is 39.4 Å². The quantitative estimate of drug-likeness (QED) is 0.638. The second-order valence-electron chi connectivity index (χ2n) is 6.61. The maximum atomic E-state index is 12.4. The van der Waals surface area contributed by atoms with Crippen LogP contribution in [-0.2, 0) is 0 Å². The second kappa shape index (κ2) is 6.81.